The smallest absolute Gasteiger partial charge is 0.106 e. The van der Waals surface area contributed by atoms with Crippen molar-refractivity contribution in [2.75, 3.05) is 0 Å². The summed E-state index contributed by atoms with van der Waals surface area (Å²) in [6, 6.07) is 0. The van der Waals surface area contributed by atoms with Gasteiger partial charge in [0.2, 0.25) is 0 Å². The van der Waals surface area contributed by atoms with Crippen molar-refractivity contribution in [3.8, 4) is 0 Å². The van der Waals surface area contributed by atoms with E-state index in [9.17, 15) is 0 Å². The van der Waals surface area contributed by atoms with E-state index in [1.807, 2.05) is 0 Å². The Labute approximate surface area is 75.1 Å². The molecule has 2 nitrogen and oxygen atoms in total. The SMILES string of the molecule is C=C(CCCC(C)C)O/C=C\N. The Morgan fingerprint density at radius 3 is 2.75 bits per heavy atom. The maximum absolute atomic E-state index is 5.11. The van der Waals surface area contributed by atoms with Crippen LogP contribution in [0.15, 0.2) is 24.8 Å². The zero-order valence-corrected chi connectivity index (χ0v) is 8.05. The number of allylic oxidation sites excluding steroid dienone is 1. The lowest BCUT2D eigenvalue weighted by molar-refractivity contribution is 0.327. The minimum absolute atomic E-state index is 0.753. The van der Waals surface area contributed by atoms with Crippen LogP contribution in [0.3, 0.4) is 0 Å². The number of nitrogens with two attached hydrogens (primary N) is 1. The van der Waals surface area contributed by atoms with E-state index in [2.05, 4.69) is 20.4 Å². The molecule has 0 unspecified atom stereocenters. The molecule has 0 aromatic rings. The predicted molar refractivity (Wildman–Crippen MR) is 52.2 cm³/mol. The van der Waals surface area contributed by atoms with Gasteiger partial charge in [0.15, 0.2) is 0 Å². The zero-order chi connectivity index (χ0) is 9.40. The normalized spacial score (nSPS) is 10.9. The van der Waals surface area contributed by atoms with Gasteiger partial charge in [-0.1, -0.05) is 26.8 Å². The molecule has 0 aromatic heterocycles. The van der Waals surface area contributed by atoms with Gasteiger partial charge in [0.1, 0.15) is 6.26 Å². The van der Waals surface area contributed by atoms with Crippen LogP contribution in [0, 0.1) is 5.92 Å². The average Bonchev–Trinajstić information content (AvgIpc) is 2.00. The number of hydrogen-bond acceptors (Lipinski definition) is 2. The fourth-order valence-electron chi connectivity index (χ4n) is 0.902. The van der Waals surface area contributed by atoms with Crippen molar-refractivity contribution < 1.29 is 4.74 Å². The van der Waals surface area contributed by atoms with Crippen molar-refractivity contribution in [3.63, 3.8) is 0 Å². The van der Waals surface area contributed by atoms with Gasteiger partial charge >= 0.3 is 0 Å². The minimum Gasteiger partial charge on any atom is -0.468 e. The maximum atomic E-state index is 5.11. The molecular formula is C10H19NO. The highest BCUT2D eigenvalue weighted by atomic mass is 16.5. The lowest BCUT2D eigenvalue weighted by atomic mass is 10.1. The fourth-order valence-corrected chi connectivity index (χ4v) is 0.902. The first-order valence-electron chi connectivity index (χ1n) is 4.38. The van der Waals surface area contributed by atoms with Crippen LogP contribution < -0.4 is 5.73 Å². The van der Waals surface area contributed by atoms with Crippen LogP contribution in [0.2, 0.25) is 0 Å². The highest BCUT2D eigenvalue weighted by Gasteiger charge is 1.96. The van der Waals surface area contributed by atoms with Crippen molar-refractivity contribution in [2.24, 2.45) is 11.7 Å². The topological polar surface area (TPSA) is 35.2 Å². The molecule has 0 fully saturated rings. The number of ether oxygens (including phenoxy) is 1. The van der Waals surface area contributed by atoms with Crippen LogP contribution in [-0.2, 0) is 4.74 Å². The van der Waals surface area contributed by atoms with Crippen LogP contribution >= 0.6 is 0 Å². The quantitative estimate of drug-likeness (QED) is 0.620. The molecule has 2 heteroatoms. The van der Waals surface area contributed by atoms with Gasteiger partial charge in [0.05, 0.1) is 5.76 Å². The summed E-state index contributed by atoms with van der Waals surface area (Å²) in [6.45, 7) is 8.18. The van der Waals surface area contributed by atoms with Crippen molar-refractivity contribution in [1.29, 1.82) is 0 Å². The van der Waals surface area contributed by atoms with E-state index in [4.69, 9.17) is 10.5 Å². The van der Waals surface area contributed by atoms with Crippen LogP contribution in [0.4, 0.5) is 0 Å². The van der Waals surface area contributed by atoms with E-state index in [0.29, 0.717) is 0 Å². The standard InChI is InChI=1S/C10H19NO/c1-9(2)5-4-6-10(3)12-8-7-11/h7-9H,3-6,11H2,1-2H3/b8-7-. The number of hydrogen-bond donors (Lipinski definition) is 1. The van der Waals surface area contributed by atoms with Crippen molar-refractivity contribution in [1.82, 2.24) is 0 Å². The predicted octanol–water partition coefficient (Wildman–Crippen LogP) is 2.77. The summed E-state index contributed by atoms with van der Waals surface area (Å²) in [5, 5.41) is 0. The van der Waals surface area contributed by atoms with Gasteiger partial charge < -0.3 is 10.5 Å². The van der Waals surface area contributed by atoms with Gasteiger partial charge in [-0.3, -0.25) is 0 Å². The van der Waals surface area contributed by atoms with E-state index >= 15 is 0 Å². The van der Waals surface area contributed by atoms with Gasteiger partial charge in [0.25, 0.3) is 0 Å². The van der Waals surface area contributed by atoms with Crippen molar-refractivity contribution in [3.05, 3.63) is 24.8 Å². The van der Waals surface area contributed by atoms with Crippen molar-refractivity contribution >= 4 is 0 Å². The highest BCUT2D eigenvalue weighted by molar-refractivity contribution is 4.85. The Morgan fingerprint density at radius 1 is 1.58 bits per heavy atom. The third-order valence-corrected chi connectivity index (χ3v) is 1.55. The highest BCUT2D eigenvalue weighted by Crippen LogP contribution is 2.11. The summed E-state index contributed by atoms with van der Waals surface area (Å²) in [5.41, 5.74) is 5.11. The fraction of sp³-hybridized carbons (Fsp3) is 0.600. The van der Waals surface area contributed by atoms with E-state index < -0.39 is 0 Å². The summed E-state index contributed by atoms with van der Waals surface area (Å²) in [6.07, 6.45) is 6.09. The largest absolute Gasteiger partial charge is 0.468 e. The van der Waals surface area contributed by atoms with Crippen LogP contribution in [0.5, 0.6) is 0 Å². The first-order valence-corrected chi connectivity index (χ1v) is 4.38. The molecule has 0 bridgehead atoms. The molecule has 0 aromatic carbocycles. The van der Waals surface area contributed by atoms with Crippen LogP contribution in [-0.4, -0.2) is 0 Å². The molecule has 70 valence electrons. The summed E-state index contributed by atoms with van der Waals surface area (Å²) in [7, 11) is 0. The van der Waals surface area contributed by atoms with Gasteiger partial charge in [-0.05, 0) is 12.3 Å². The molecule has 0 aliphatic rings. The monoisotopic (exact) mass is 169 g/mol. The van der Waals surface area contributed by atoms with E-state index in [-0.39, 0.29) is 0 Å². The molecule has 0 aliphatic carbocycles. The third kappa shape index (κ3) is 7.19. The Hall–Kier alpha value is -0.920. The molecular weight excluding hydrogens is 150 g/mol. The molecule has 0 aliphatic heterocycles. The molecule has 12 heavy (non-hydrogen) atoms. The molecule has 0 radical (unpaired) electrons. The molecule has 0 rings (SSSR count). The molecule has 0 saturated heterocycles. The zero-order valence-electron chi connectivity index (χ0n) is 8.05. The van der Waals surface area contributed by atoms with Gasteiger partial charge in [-0.2, -0.15) is 0 Å². The van der Waals surface area contributed by atoms with E-state index in [0.717, 1.165) is 24.5 Å². The molecule has 2 N–H and O–H groups in total. The average molecular weight is 169 g/mol. The second-order valence-corrected chi connectivity index (χ2v) is 3.27. The molecule has 0 saturated carbocycles. The summed E-state index contributed by atoms with van der Waals surface area (Å²) < 4.78 is 5.07. The Balaban J connectivity index is 3.32. The maximum Gasteiger partial charge on any atom is 0.106 e. The summed E-state index contributed by atoms with van der Waals surface area (Å²) >= 11 is 0. The Kier molecular flexibility index (Phi) is 6.25. The van der Waals surface area contributed by atoms with Gasteiger partial charge in [-0.25, -0.2) is 0 Å². The van der Waals surface area contributed by atoms with Crippen molar-refractivity contribution in [2.45, 2.75) is 33.1 Å². The Morgan fingerprint density at radius 2 is 2.25 bits per heavy atom. The lowest BCUT2D eigenvalue weighted by Crippen LogP contribution is -1.90. The minimum atomic E-state index is 0.753. The molecule has 0 atom stereocenters. The van der Waals surface area contributed by atoms with Gasteiger partial charge in [0, 0.05) is 12.6 Å². The van der Waals surface area contributed by atoms with Crippen LogP contribution in [0.25, 0.3) is 0 Å². The summed E-state index contributed by atoms with van der Waals surface area (Å²) in [4.78, 5) is 0. The first kappa shape index (κ1) is 11.1. The van der Waals surface area contributed by atoms with E-state index in [1.165, 1.54) is 18.9 Å². The van der Waals surface area contributed by atoms with Crippen LogP contribution in [0.1, 0.15) is 33.1 Å². The first-order chi connectivity index (χ1) is 5.66. The number of rotatable bonds is 6. The molecule has 0 amide bonds. The van der Waals surface area contributed by atoms with Gasteiger partial charge in [-0.15, -0.1) is 0 Å². The lowest BCUT2D eigenvalue weighted by Gasteiger charge is -2.05. The third-order valence-electron chi connectivity index (χ3n) is 1.55. The molecule has 0 heterocycles. The van der Waals surface area contributed by atoms with E-state index in [1.54, 1.807) is 0 Å². The second-order valence-electron chi connectivity index (χ2n) is 3.27. The summed E-state index contributed by atoms with van der Waals surface area (Å²) in [5.74, 6) is 1.54. The molecule has 0 spiro atoms. The Bertz CT molecular complexity index is 150. The second kappa shape index (κ2) is 6.77.